The van der Waals surface area contributed by atoms with Crippen LogP contribution >= 0.6 is 0 Å². The van der Waals surface area contributed by atoms with Crippen molar-refractivity contribution in [2.45, 2.75) is 38.9 Å². The molecule has 1 heterocycles. The van der Waals surface area contributed by atoms with Gasteiger partial charge >= 0.3 is 0 Å². The number of carbonyl (C=O) groups is 1. The molecule has 0 radical (unpaired) electrons. The fourth-order valence-electron chi connectivity index (χ4n) is 2.24. The second kappa shape index (κ2) is 6.61. The highest BCUT2D eigenvalue weighted by atomic mass is 32.2. The Bertz CT molecular complexity index is 284. The van der Waals surface area contributed by atoms with Crippen LogP contribution in [0.5, 0.6) is 0 Å². The maximum Gasteiger partial charge on any atom is 0.168 e. The normalized spacial score (nSPS) is 22.3. The average Bonchev–Trinajstić information content (AvgIpc) is 2.65. The third-order valence-corrected chi connectivity index (χ3v) is 3.96. The van der Waals surface area contributed by atoms with E-state index in [0.717, 1.165) is 12.8 Å². The number of hydrogen-bond donors (Lipinski definition) is 0. The maximum atomic E-state index is 11.5. The summed E-state index contributed by atoms with van der Waals surface area (Å²) in [4.78, 5) is 11.5. The summed E-state index contributed by atoms with van der Waals surface area (Å²) in [5.41, 5.74) is 0. The first-order valence-electron chi connectivity index (χ1n) is 6.07. The second-order valence-corrected chi connectivity index (χ2v) is 6.05. The van der Waals surface area contributed by atoms with Crippen LogP contribution in [0.2, 0.25) is 0 Å². The van der Waals surface area contributed by atoms with E-state index in [1.165, 1.54) is 0 Å². The van der Waals surface area contributed by atoms with Crippen LogP contribution in [-0.4, -0.2) is 41.0 Å². The van der Waals surface area contributed by atoms with Crippen LogP contribution < -0.4 is 0 Å². The monoisotopic (exact) mass is 262 g/mol. The van der Waals surface area contributed by atoms with Crippen LogP contribution in [0.1, 0.15) is 33.1 Å². The van der Waals surface area contributed by atoms with Gasteiger partial charge in [-0.2, -0.15) is 0 Å². The first-order chi connectivity index (χ1) is 7.98. The lowest BCUT2D eigenvalue weighted by Gasteiger charge is -2.31. The maximum absolute atomic E-state index is 11.5. The summed E-state index contributed by atoms with van der Waals surface area (Å²) in [5.74, 6) is -0.0972. The molecule has 1 rings (SSSR count). The molecule has 0 aromatic carbocycles. The summed E-state index contributed by atoms with van der Waals surface area (Å²) in [6, 6.07) is 0. The van der Waals surface area contributed by atoms with Crippen molar-refractivity contribution in [2.75, 3.05) is 25.2 Å². The SMILES string of the molecule is CCC(CCC(=O)CS(C)=O)C1(C)OCCO1. The predicted octanol–water partition coefficient (Wildman–Crippen LogP) is 1.50. The molecule has 4 nitrogen and oxygen atoms in total. The molecule has 1 fully saturated rings. The van der Waals surface area contributed by atoms with E-state index in [1.807, 2.05) is 6.92 Å². The number of Topliss-reactive ketones (excluding diaryl/α,β-unsaturated/α-hetero) is 1. The van der Waals surface area contributed by atoms with Crippen molar-refractivity contribution in [1.29, 1.82) is 0 Å². The van der Waals surface area contributed by atoms with Crippen molar-refractivity contribution in [1.82, 2.24) is 0 Å². The van der Waals surface area contributed by atoms with Crippen molar-refractivity contribution in [2.24, 2.45) is 5.92 Å². The zero-order valence-corrected chi connectivity index (χ0v) is 11.7. The van der Waals surface area contributed by atoms with Gasteiger partial charge in [-0.1, -0.05) is 6.92 Å². The Balaban J connectivity index is 2.42. The molecule has 1 saturated heterocycles. The third-order valence-electron chi connectivity index (χ3n) is 3.23. The minimum Gasteiger partial charge on any atom is -0.348 e. The van der Waals surface area contributed by atoms with E-state index in [4.69, 9.17) is 9.47 Å². The van der Waals surface area contributed by atoms with Gasteiger partial charge in [-0.25, -0.2) is 0 Å². The van der Waals surface area contributed by atoms with Crippen molar-refractivity contribution in [3.63, 3.8) is 0 Å². The van der Waals surface area contributed by atoms with Gasteiger partial charge in [0.05, 0.1) is 19.0 Å². The Hall–Kier alpha value is -0.260. The first kappa shape index (κ1) is 14.8. The van der Waals surface area contributed by atoms with E-state index < -0.39 is 16.6 Å². The van der Waals surface area contributed by atoms with Crippen LogP contribution in [-0.2, 0) is 25.1 Å². The number of ether oxygens (including phenoxy) is 2. The van der Waals surface area contributed by atoms with Crippen LogP contribution in [0.15, 0.2) is 0 Å². The molecule has 0 aromatic rings. The zero-order chi connectivity index (χ0) is 12.9. The molecule has 0 aromatic heterocycles. The molecule has 0 bridgehead atoms. The van der Waals surface area contributed by atoms with Gasteiger partial charge in [-0.3, -0.25) is 9.00 Å². The lowest BCUT2D eigenvalue weighted by Crippen LogP contribution is -2.36. The van der Waals surface area contributed by atoms with Crippen LogP contribution in [0.3, 0.4) is 0 Å². The molecule has 1 aliphatic rings. The first-order valence-corrected chi connectivity index (χ1v) is 7.80. The number of ketones is 1. The molecular formula is C12H22O4S. The predicted molar refractivity (Wildman–Crippen MR) is 67.3 cm³/mol. The molecule has 2 atom stereocenters. The summed E-state index contributed by atoms with van der Waals surface area (Å²) in [5, 5.41) is 0. The van der Waals surface area contributed by atoms with Crippen LogP contribution in [0.25, 0.3) is 0 Å². The second-order valence-electron chi connectivity index (χ2n) is 4.61. The molecule has 0 aliphatic carbocycles. The molecule has 0 N–H and O–H groups in total. The van der Waals surface area contributed by atoms with Gasteiger partial charge in [0.2, 0.25) is 0 Å². The zero-order valence-electron chi connectivity index (χ0n) is 10.9. The highest BCUT2D eigenvalue weighted by molar-refractivity contribution is 7.85. The van der Waals surface area contributed by atoms with E-state index in [2.05, 4.69) is 6.92 Å². The van der Waals surface area contributed by atoms with E-state index in [0.29, 0.717) is 19.6 Å². The Morgan fingerprint density at radius 3 is 2.47 bits per heavy atom. The summed E-state index contributed by atoms with van der Waals surface area (Å²) in [7, 11) is -1.04. The molecule has 5 heteroatoms. The number of hydrogen-bond acceptors (Lipinski definition) is 4. The minimum atomic E-state index is -1.04. The Morgan fingerprint density at radius 1 is 1.41 bits per heavy atom. The van der Waals surface area contributed by atoms with Gasteiger partial charge in [0.25, 0.3) is 0 Å². The van der Waals surface area contributed by atoms with Crippen molar-refractivity contribution in [3.05, 3.63) is 0 Å². The number of rotatable bonds is 7. The summed E-state index contributed by atoms with van der Waals surface area (Å²) < 4.78 is 22.2. The lowest BCUT2D eigenvalue weighted by atomic mass is 9.91. The van der Waals surface area contributed by atoms with E-state index in [1.54, 1.807) is 6.26 Å². The van der Waals surface area contributed by atoms with Crippen molar-refractivity contribution < 1.29 is 18.5 Å². The van der Waals surface area contributed by atoms with Crippen LogP contribution in [0, 0.1) is 5.92 Å². The van der Waals surface area contributed by atoms with Gasteiger partial charge in [-0.15, -0.1) is 0 Å². The van der Waals surface area contributed by atoms with Gasteiger partial charge < -0.3 is 9.47 Å². The smallest absolute Gasteiger partial charge is 0.168 e. The molecule has 17 heavy (non-hydrogen) atoms. The quantitative estimate of drug-likeness (QED) is 0.698. The Morgan fingerprint density at radius 2 is 2.00 bits per heavy atom. The lowest BCUT2D eigenvalue weighted by molar-refractivity contribution is -0.183. The van der Waals surface area contributed by atoms with Gasteiger partial charge in [-0.05, 0) is 19.8 Å². The van der Waals surface area contributed by atoms with Gasteiger partial charge in [0.1, 0.15) is 5.78 Å². The fourth-order valence-corrected chi connectivity index (χ4v) is 2.83. The molecule has 100 valence electrons. The van der Waals surface area contributed by atoms with E-state index >= 15 is 0 Å². The van der Waals surface area contributed by atoms with Crippen molar-refractivity contribution in [3.8, 4) is 0 Å². The highest BCUT2D eigenvalue weighted by Crippen LogP contribution is 2.33. The standard InChI is InChI=1S/C12H22O4S/c1-4-10(12(2)15-7-8-16-12)5-6-11(13)9-17(3)14/h10H,4-9H2,1-3H3. The molecule has 0 spiro atoms. The van der Waals surface area contributed by atoms with Gasteiger partial charge in [0.15, 0.2) is 5.79 Å². The highest BCUT2D eigenvalue weighted by Gasteiger charge is 2.38. The molecule has 2 unspecified atom stereocenters. The number of carbonyl (C=O) groups excluding carboxylic acids is 1. The minimum absolute atomic E-state index is 0.0610. The summed E-state index contributed by atoms with van der Waals surface area (Å²) >= 11 is 0. The molecule has 0 amide bonds. The average molecular weight is 262 g/mol. The topological polar surface area (TPSA) is 52.6 Å². The van der Waals surface area contributed by atoms with Crippen molar-refractivity contribution >= 4 is 16.6 Å². The van der Waals surface area contributed by atoms with Crippen LogP contribution in [0.4, 0.5) is 0 Å². The summed E-state index contributed by atoms with van der Waals surface area (Å²) in [6.45, 7) is 5.26. The fraction of sp³-hybridized carbons (Fsp3) is 0.917. The molecular weight excluding hydrogens is 240 g/mol. The summed E-state index contributed by atoms with van der Waals surface area (Å²) in [6.07, 6.45) is 3.67. The van der Waals surface area contributed by atoms with E-state index in [-0.39, 0.29) is 17.5 Å². The largest absolute Gasteiger partial charge is 0.348 e. The third kappa shape index (κ3) is 4.48. The Labute approximate surface area is 106 Å². The molecule has 0 saturated carbocycles. The van der Waals surface area contributed by atoms with Gasteiger partial charge in [0, 0.05) is 29.4 Å². The Kier molecular flexibility index (Phi) is 5.76. The van der Waals surface area contributed by atoms with E-state index in [9.17, 15) is 9.00 Å². The molecule has 1 aliphatic heterocycles.